The largest absolute Gasteiger partial charge is 0.456 e. The van der Waals surface area contributed by atoms with Crippen LogP contribution in [0.4, 0.5) is 28.4 Å². The molecule has 0 aliphatic heterocycles. The molecule has 3 aliphatic carbocycles. The SMILES string of the molecule is CC(C)(C)c1ccc(N(c2ccc(-c3ccccc3)cc2-c2ccccc2)c2cc3c(c4ccccc24)C2=C(CC(N(c4ccc(C(C)(C)C)cc4)c4ccc(-c5ccccc5)cc4-c4ccccc4)c4c2oc2ccccc42)C32c3ccccc3-c3ccccc32)cc1. The summed E-state index contributed by atoms with van der Waals surface area (Å²) in [6.45, 7) is 13.8. The first-order valence-electron chi connectivity index (χ1n) is 33.2. The molecule has 0 saturated heterocycles. The average molecular weight is 1210 g/mol. The number of nitrogens with zero attached hydrogens (tertiary/aromatic N) is 2. The molecule has 452 valence electrons. The first kappa shape index (κ1) is 56.9. The van der Waals surface area contributed by atoms with Crippen molar-refractivity contribution in [3.8, 4) is 55.6 Å². The van der Waals surface area contributed by atoms with Crippen molar-refractivity contribution in [3.63, 3.8) is 0 Å². The number of hydrogen-bond donors (Lipinski definition) is 0. The molecule has 1 heterocycles. The molecule has 0 N–H and O–H groups in total. The molecule has 14 aromatic rings. The van der Waals surface area contributed by atoms with Crippen LogP contribution in [-0.2, 0) is 16.2 Å². The highest BCUT2D eigenvalue weighted by Crippen LogP contribution is 2.69. The highest BCUT2D eigenvalue weighted by Gasteiger charge is 2.57. The van der Waals surface area contributed by atoms with Crippen molar-refractivity contribution >= 4 is 55.8 Å². The quantitative estimate of drug-likeness (QED) is 0.136. The first-order valence-corrected chi connectivity index (χ1v) is 33.2. The smallest absolute Gasteiger partial charge is 0.141 e. The van der Waals surface area contributed by atoms with Crippen LogP contribution in [0.2, 0.25) is 0 Å². The predicted octanol–water partition coefficient (Wildman–Crippen LogP) is 24.7. The van der Waals surface area contributed by atoms with Crippen LogP contribution in [0.1, 0.15) is 98.7 Å². The summed E-state index contributed by atoms with van der Waals surface area (Å²) in [4.78, 5) is 5.26. The van der Waals surface area contributed by atoms with Gasteiger partial charge in [0.15, 0.2) is 0 Å². The molecule has 17 rings (SSSR count). The van der Waals surface area contributed by atoms with Crippen LogP contribution in [0.3, 0.4) is 0 Å². The van der Waals surface area contributed by atoms with Crippen LogP contribution in [0, 0.1) is 0 Å². The minimum Gasteiger partial charge on any atom is -0.456 e. The number of hydrogen-bond acceptors (Lipinski definition) is 3. The van der Waals surface area contributed by atoms with E-state index >= 15 is 0 Å². The molecule has 0 amide bonds. The lowest BCUT2D eigenvalue weighted by atomic mass is 9.66. The van der Waals surface area contributed by atoms with E-state index in [-0.39, 0.29) is 16.9 Å². The van der Waals surface area contributed by atoms with Crippen LogP contribution in [-0.4, -0.2) is 0 Å². The maximum Gasteiger partial charge on any atom is 0.141 e. The van der Waals surface area contributed by atoms with Crippen molar-refractivity contribution in [1.29, 1.82) is 0 Å². The molecule has 0 radical (unpaired) electrons. The molecule has 0 fully saturated rings. The summed E-state index contributed by atoms with van der Waals surface area (Å²) in [5, 5.41) is 3.46. The van der Waals surface area contributed by atoms with Crippen molar-refractivity contribution in [2.45, 2.75) is 70.3 Å². The van der Waals surface area contributed by atoms with E-state index in [0.717, 1.165) is 72.8 Å². The maximum atomic E-state index is 7.77. The molecule has 1 unspecified atom stereocenters. The molecule has 0 bridgehead atoms. The highest BCUT2D eigenvalue weighted by atomic mass is 16.3. The Morgan fingerprint density at radius 2 is 0.798 bits per heavy atom. The van der Waals surface area contributed by atoms with Crippen molar-refractivity contribution in [2.24, 2.45) is 0 Å². The second-order valence-corrected chi connectivity index (χ2v) is 27.8. The fraction of sp³-hybridized carbons (Fsp3) is 0.121. The van der Waals surface area contributed by atoms with E-state index in [4.69, 9.17) is 4.42 Å². The standard InChI is InChI=1S/C91H72N2O/c1-89(2,3)65-45-49-67(50-46-65)92(80-53-43-63(59-27-11-7-12-28-59)55-74(80)61-31-15-9-16-32-61)82-57-78-85(72-38-20-19-37-71(72)82)87-79(91(78)76-40-24-21-35-69(76)70-36-22-25-41-77(70)91)58-83(86-73-39-23-26-42-84(73)94-88(86)87)93(68-51-47-66(48-52-68)90(4,5)6)81-54-44-64(60-29-13-8-14-30-60)56-75(81)62-33-17-10-18-34-62/h7-57,83H,58H2,1-6H3. The number of fused-ring (bicyclic) bond motifs is 15. The Morgan fingerprint density at radius 1 is 0.351 bits per heavy atom. The van der Waals surface area contributed by atoms with Crippen LogP contribution < -0.4 is 9.80 Å². The summed E-state index contributed by atoms with van der Waals surface area (Å²) in [6, 6.07) is 116. The van der Waals surface area contributed by atoms with Crippen molar-refractivity contribution in [1.82, 2.24) is 0 Å². The molecule has 1 aromatic heterocycles. The molecule has 94 heavy (non-hydrogen) atoms. The second-order valence-electron chi connectivity index (χ2n) is 27.8. The summed E-state index contributed by atoms with van der Waals surface area (Å²) in [7, 11) is 0. The van der Waals surface area contributed by atoms with E-state index in [1.54, 1.807) is 0 Å². The molecule has 3 nitrogen and oxygen atoms in total. The van der Waals surface area contributed by atoms with Gasteiger partial charge >= 0.3 is 0 Å². The van der Waals surface area contributed by atoms with E-state index in [2.05, 4.69) is 361 Å². The van der Waals surface area contributed by atoms with E-state index in [1.807, 2.05) is 0 Å². The van der Waals surface area contributed by atoms with Gasteiger partial charge in [-0.1, -0.05) is 290 Å². The monoisotopic (exact) mass is 1210 g/mol. The first-order chi connectivity index (χ1) is 45.9. The van der Waals surface area contributed by atoms with E-state index in [9.17, 15) is 0 Å². The molecular formula is C91H72N2O. The third kappa shape index (κ3) is 9.08. The Balaban J connectivity index is 0.979. The molecule has 13 aromatic carbocycles. The van der Waals surface area contributed by atoms with Crippen molar-refractivity contribution < 1.29 is 4.42 Å². The second kappa shape index (κ2) is 22.1. The van der Waals surface area contributed by atoms with E-state index in [1.165, 1.54) is 88.9 Å². The maximum absolute atomic E-state index is 7.77. The van der Waals surface area contributed by atoms with Gasteiger partial charge < -0.3 is 14.2 Å². The highest BCUT2D eigenvalue weighted by molar-refractivity contribution is 6.14. The summed E-state index contributed by atoms with van der Waals surface area (Å²) < 4.78 is 7.77. The van der Waals surface area contributed by atoms with Crippen molar-refractivity contribution in [3.05, 3.63) is 360 Å². The molecule has 0 saturated carbocycles. The normalized spacial score (nSPS) is 14.4. The van der Waals surface area contributed by atoms with Gasteiger partial charge in [-0.05, 0) is 167 Å². The van der Waals surface area contributed by atoms with Gasteiger partial charge in [0.1, 0.15) is 11.3 Å². The van der Waals surface area contributed by atoms with Gasteiger partial charge in [-0.15, -0.1) is 0 Å². The zero-order valence-electron chi connectivity index (χ0n) is 54.0. The molecular weight excluding hydrogens is 1140 g/mol. The number of benzene rings is 13. The Kier molecular flexibility index (Phi) is 13.4. The zero-order chi connectivity index (χ0) is 63.5. The van der Waals surface area contributed by atoms with Gasteiger partial charge in [0.25, 0.3) is 0 Å². The van der Waals surface area contributed by atoms with Crippen LogP contribution >= 0.6 is 0 Å². The summed E-state index contributed by atoms with van der Waals surface area (Å²) in [5.41, 5.74) is 28.7. The zero-order valence-corrected chi connectivity index (χ0v) is 54.0. The van der Waals surface area contributed by atoms with Gasteiger partial charge in [0.05, 0.1) is 22.8 Å². The minimum absolute atomic E-state index is 0.0515. The molecule has 3 heteroatoms. The number of anilines is 5. The summed E-state index contributed by atoms with van der Waals surface area (Å²) in [5.74, 6) is 0.932. The summed E-state index contributed by atoms with van der Waals surface area (Å²) in [6.07, 6.45) is 0.680. The Morgan fingerprint density at radius 3 is 1.34 bits per heavy atom. The third-order valence-electron chi connectivity index (χ3n) is 20.4. The molecule has 3 aliphatic rings. The van der Waals surface area contributed by atoms with E-state index < -0.39 is 5.41 Å². The predicted molar refractivity (Wildman–Crippen MR) is 394 cm³/mol. The van der Waals surface area contributed by atoms with E-state index in [0.29, 0.717) is 6.42 Å². The van der Waals surface area contributed by atoms with Crippen LogP contribution in [0.15, 0.2) is 319 Å². The lowest BCUT2D eigenvalue weighted by molar-refractivity contribution is 0.558. The van der Waals surface area contributed by atoms with Gasteiger partial charge in [0.2, 0.25) is 0 Å². The van der Waals surface area contributed by atoms with Gasteiger partial charge in [-0.25, -0.2) is 0 Å². The topological polar surface area (TPSA) is 19.6 Å². The fourth-order valence-electron chi connectivity index (χ4n) is 16.0. The third-order valence-corrected chi connectivity index (χ3v) is 20.4. The Hall–Kier alpha value is -11.0. The van der Waals surface area contributed by atoms with Gasteiger partial charge in [0, 0.05) is 50.1 Å². The average Bonchev–Trinajstić information content (AvgIpc) is 1.49. The minimum atomic E-state index is -0.770. The number of furan rings is 1. The molecule has 1 atom stereocenters. The van der Waals surface area contributed by atoms with Crippen LogP contribution in [0.25, 0.3) is 82.9 Å². The molecule has 1 spiro atoms. The Labute approximate surface area is 552 Å². The fourth-order valence-corrected chi connectivity index (χ4v) is 16.0. The van der Waals surface area contributed by atoms with Crippen LogP contribution in [0.5, 0.6) is 0 Å². The number of para-hydroxylation sites is 1. The van der Waals surface area contributed by atoms with Crippen molar-refractivity contribution in [2.75, 3.05) is 9.80 Å². The van der Waals surface area contributed by atoms with Gasteiger partial charge in [-0.2, -0.15) is 0 Å². The lowest BCUT2D eigenvalue weighted by Crippen LogP contribution is -2.33. The summed E-state index contributed by atoms with van der Waals surface area (Å²) >= 11 is 0. The van der Waals surface area contributed by atoms with Gasteiger partial charge in [-0.3, -0.25) is 0 Å². The Bertz CT molecular complexity index is 5230. The lowest BCUT2D eigenvalue weighted by Gasteiger charge is -2.41. The number of rotatable bonds is 10.